The molecule has 0 amide bonds. The van der Waals surface area contributed by atoms with E-state index in [4.69, 9.17) is 0 Å². The molecular weight excluding hydrogens is 308 g/mol. The molecule has 0 aliphatic rings. The Hall–Kier alpha value is -2.94. The van der Waals surface area contributed by atoms with E-state index in [1.165, 1.54) is 23.7 Å². The van der Waals surface area contributed by atoms with E-state index in [2.05, 4.69) is 19.9 Å². The molecule has 22 heavy (non-hydrogen) atoms. The second kappa shape index (κ2) is 5.45. The average molecular weight is 318 g/mol. The molecule has 0 bridgehead atoms. The predicted octanol–water partition coefficient (Wildman–Crippen LogP) is -0.319. The first-order valence-corrected chi connectivity index (χ1v) is 7.11. The Bertz CT molecular complexity index is 958. The van der Waals surface area contributed by atoms with Gasteiger partial charge in [0.15, 0.2) is 0 Å². The van der Waals surface area contributed by atoms with Gasteiger partial charge in [-0.15, -0.1) is 11.3 Å². The molecule has 0 atom stereocenters. The number of nitrogens with one attached hydrogen (secondary N) is 4. The van der Waals surface area contributed by atoms with Gasteiger partial charge in [-0.2, -0.15) is 0 Å². The number of hydrogen-bond donors (Lipinski definition) is 4. The van der Waals surface area contributed by atoms with E-state index in [0.29, 0.717) is 0 Å². The van der Waals surface area contributed by atoms with Crippen molar-refractivity contribution in [3.05, 3.63) is 87.6 Å². The highest BCUT2D eigenvalue weighted by Crippen LogP contribution is 2.30. The normalized spacial score (nSPS) is 11.0. The van der Waals surface area contributed by atoms with E-state index in [1.807, 2.05) is 5.38 Å². The summed E-state index contributed by atoms with van der Waals surface area (Å²) in [5.41, 5.74) is -2.03. The molecule has 4 N–H and O–H groups in total. The lowest BCUT2D eigenvalue weighted by atomic mass is 9.93. The first-order valence-electron chi connectivity index (χ1n) is 6.23. The van der Waals surface area contributed by atoms with Gasteiger partial charge in [-0.3, -0.25) is 19.6 Å². The first-order chi connectivity index (χ1) is 10.6. The van der Waals surface area contributed by atoms with Crippen molar-refractivity contribution in [3.8, 4) is 0 Å². The van der Waals surface area contributed by atoms with Crippen molar-refractivity contribution in [3.63, 3.8) is 0 Å². The summed E-state index contributed by atoms with van der Waals surface area (Å²) < 4.78 is 0. The summed E-state index contributed by atoms with van der Waals surface area (Å²) in [4.78, 5) is 56.3. The maximum Gasteiger partial charge on any atom is 0.325 e. The van der Waals surface area contributed by atoms with E-state index < -0.39 is 28.4 Å². The summed E-state index contributed by atoms with van der Waals surface area (Å²) in [6.07, 6.45) is 2.55. The topological polar surface area (TPSA) is 131 Å². The summed E-state index contributed by atoms with van der Waals surface area (Å²) in [6.45, 7) is 0. The Labute approximate surface area is 125 Å². The van der Waals surface area contributed by atoms with Gasteiger partial charge in [0.25, 0.3) is 11.1 Å². The maximum absolute atomic E-state index is 12.1. The zero-order valence-electron chi connectivity index (χ0n) is 11.0. The fourth-order valence-corrected chi connectivity index (χ4v) is 3.06. The lowest BCUT2D eigenvalue weighted by molar-refractivity contribution is 0.870. The van der Waals surface area contributed by atoms with Gasteiger partial charge in [-0.05, 0) is 11.4 Å². The van der Waals surface area contributed by atoms with Crippen LogP contribution in [-0.2, 0) is 0 Å². The monoisotopic (exact) mass is 318 g/mol. The molecule has 0 unspecified atom stereocenters. The lowest BCUT2D eigenvalue weighted by Crippen LogP contribution is -2.31. The van der Waals surface area contributed by atoms with Gasteiger partial charge >= 0.3 is 11.4 Å². The molecule has 0 aliphatic carbocycles. The molecule has 3 rings (SSSR count). The van der Waals surface area contributed by atoms with Crippen LogP contribution in [-0.4, -0.2) is 19.9 Å². The van der Waals surface area contributed by atoms with Crippen molar-refractivity contribution in [1.29, 1.82) is 0 Å². The molecule has 9 heteroatoms. The van der Waals surface area contributed by atoms with E-state index in [0.717, 1.165) is 4.88 Å². The molecule has 0 fully saturated rings. The molecule has 0 aliphatic heterocycles. The van der Waals surface area contributed by atoms with Crippen molar-refractivity contribution in [2.24, 2.45) is 0 Å². The predicted molar refractivity (Wildman–Crippen MR) is 80.6 cm³/mol. The van der Waals surface area contributed by atoms with Crippen LogP contribution in [0.4, 0.5) is 0 Å². The smallest absolute Gasteiger partial charge is 0.314 e. The van der Waals surface area contributed by atoms with Gasteiger partial charge in [-0.1, -0.05) is 6.07 Å². The average Bonchev–Trinajstić information content (AvgIpc) is 2.97. The molecule has 0 saturated heterocycles. The van der Waals surface area contributed by atoms with Crippen molar-refractivity contribution in [2.45, 2.75) is 5.92 Å². The quantitative estimate of drug-likeness (QED) is 0.527. The highest BCUT2D eigenvalue weighted by atomic mass is 32.1. The minimum atomic E-state index is -0.693. The Morgan fingerprint density at radius 3 is 1.82 bits per heavy atom. The van der Waals surface area contributed by atoms with Crippen LogP contribution in [0, 0.1) is 0 Å². The van der Waals surface area contributed by atoms with Crippen molar-refractivity contribution < 1.29 is 0 Å². The SMILES string of the molecule is O=c1[nH]cc(C(c2cccs2)c2c[nH]c(=O)[nH]c2=O)c(=O)[nH]1. The van der Waals surface area contributed by atoms with Crippen LogP contribution in [0.2, 0.25) is 0 Å². The Morgan fingerprint density at radius 1 is 0.864 bits per heavy atom. The Balaban J connectivity index is 2.29. The number of hydrogen-bond acceptors (Lipinski definition) is 5. The molecule has 0 saturated carbocycles. The molecule has 0 radical (unpaired) electrons. The van der Waals surface area contributed by atoms with Gasteiger partial charge in [0.2, 0.25) is 0 Å². The molecular formula is C13H10N4O4S. The molecule has 0 spiro atoms. The molecule has 0 aromatic carbocycles. The van der Waals surface area contributed by atoms with Crippen LogP contribution in [0.5, 0.6) is 0 Å². The summed E-state index contributed by atoms with van der Waals surface area (Å²) in [6, 6.07) is 3.55. The summed E-state index contributed by atoms with van der Waals surface area (Å²) in [5, 5.41) is 1.81. The second-order valence-corrected chi connectivity index (χ2v) is 5.48. The summed E-state index contributed by atoms with van der Waals surface area (Å²) in [5.74, 6) is -0.693. The summed E-state index contributed by atoms with van der Waals surface area (Å²) >= 11 is 1.36. The van der Waals surface area contributed by atoms with Crippen molar-refractivity contribution in [2.75, 3.05) is 0 Å². The van der Waals surface area contributed by atoms with E-state index in [-0.39, 0.29) is 11.1 Å². The Morgan fingerprint density at radius 2 is 1.41 bits per heavy atom. The third-order valence-electron chi connectivity index (χ3n) is 3.15. The van der Waals surface area contributed by atoms with Gasteiger partial charge in [0.05, 0.1) is 5.92 Å². The van der Waals surface area contributed by atoms with Gasteiger partial charge in [0, 0.05) is 28.4 Å². The molecule has 8 nitrogen and oxygen atoms in total. The van der Waals surface area contributed by atoms with Crippen molar-refractivity contribution in [1.82, 2.24) is 19.9 Å². The zero-order chi connectivity index (χ0) is 15.7. The second-order valence-electron chi connectivity index (χ2n) is 4.50. The number of H-pyrrole nitrogens is 4. The van der Waals surface area contributed by atoms with Gasteiger partial charge < -0.3 is 9.97 Å². The molecule has 3 aromatic rings. The van der Waals surface area contributed by atoms with E-state index in [9.17, 15) is 19.2 Å². The third kappa shape index (κ3) is 2.49. The van der Waals surface area contributed by atoms with Crippen LogP contribution < -0.4 is 22.5 Å². The third-order valence-corrected chi connectivity index (χ3v) is 4.08. The Kier molecular flexibility index (Phi) is 3.47. The van der Waals surface area contributed by atoms with Crippen LogP contribution in [0.25, 0.3) is 0 Å². The van der Waals surface area contributed by atoms with E-state index >= 15 is 0 Å². The first kappa shape index (κ1) is 14.0. The maximum atomic E-state index is 12.1. The molecule has 3 heterocycles. The minimum absolute atomic E-state index is 0.208. The van der Waals surface area contributed by atoms with Crippen molar-refractivity contribution >= 4 is 11.3 Å². The van der Waals surface area contributed by atoms with E-state index in [1.54, 1.807) is 12.1 Å². The standard InChI is InChI=1S/C13H10N4O4S/c18-10-6(4-14-12(20)16-10)9(8-2-1-3-22-8)7-5-15-13(21)17-11(7)19/h1-5,9H,(H2,14,16,18,20)(H2,15,17,19,21). The number of aromatic nitrogens is 4. The number of aromatic amines is 4. The van der Waals surface area contributed by atoms with Gasteiger partial charge in [0.1, 0.15) is 0 Å². The van der Waals surface area contributed by atoms with Crippen LogP contribution in [0.15, 0.2) is 49.1 Å². The number of rotatable bonds is 3. The highest BCUT2D eigenvalue weighted by molar-refractivity contribution is 7.10. The van der Waals surface area contributed by atoms with Crippen LogP contribution in [0.3, 0.4) is 0 Å². The minimum Gasteiger partial charge on any atom is -0.314 e. The lowest BCUT2D eigenvalue weighted by Gasteiger charge is -2.13. The molecule has 112 valence electrons. The largest absolute Gasteiger partial charge is 0.325 e. The summed E-state index contributed by atoms with van der Waals surface area (Å²) in [7, 11) is 0. The number of thiophene rings is 1. The van der Waals surface area contributed by atoms with Crippen LogP contribution >= 0.6 is 11.3 Å². The zero-order valence-corrected chi connectivity index (χ0v) is 11.8. The van der Waals surface area contributed by atoms with Crippen LogP contribution in [0.1, 0.15) is 21.9 Å². The fraction of sp³-hybridized carbons (Fsp3) is 0.0769. The fourth-order valence-electron chi connectivity index (χ4n) is 2.20. The highest BCUT2D eigenvalue weighted by Gasteiger charge is 2.24. The molecule has 3 aromatic heterocycles. The van der Waals surface area contributed by atoms with Gasteiger partial charge in [-0.25, -0.2) is 9.59 Å².